The molecule has 0 aliphatic carbocycles. The number of aliphatic hydroxyl groups excluding tert-OH is 1. The number of allylic oxidation sites excluding steroid dienone is 1. The Bertz CT molecular complexity index is 182. The molecule has 0 saturated heterocycles. The second kappa shape index (κ2) is 4.41. The van der Waals surface area contributed by atoms with Gasteiger partial charge in [0, 0.05) is 5.92 Å². The summed E-state index contributed by atoms with van der Waals surface area (Å²) < 4.78 is 0. The molecule has 0 aromatic carbocycles. The van der Waals surface area contributed by atoms with Gasteiger partial charge in [-0.3, -0.25) is 4.79 Å². The van der Waals surface area contributed by atoms with E-state index in [1.54, 1.807) is 13.8 Å². The fourth-order valence-corrected chi connectivity index (χ4v) is 1.12. The van der Waals surface area contributed by atoms with Gasteiger partial charge in [0.15, 0.2) is 5.78 Å². The molecule has 0 aromatic heterocycles. The summed E-state index contributed by atoms with van der Waals surface area (Å²) in [6.07, 6.45) is -0.561. The van der Waals surface area contributed by atoms with Crippen molar-refractivity contribution >= 4 is 5.78 Å². The number of rotatable bonds is 4. The molecule has 2 nitrogen and oxygen atoms in total. The molecule has 0 rings (SSSR count). The second-order valence-corrected chi connectivity index (χ2v) is 3.67. The third-order valence-corrected chi connectivity index (χ3v) is 2.03. The van der Waals surface area contributed by atoms with Crippen molar-refractivity contribution in [3.05, 3.63) is 12.2 Å². The lowest BCUT2D eigenvalue weighted by Gasteiger charge is -2.20. The van der Waals surface area contributed by atoms with E-state index in [0.717, 1.165) is 0 Å². The average molecular weight is 170 g/mol. The lowest BCUT2D eigenvalue weighted by Crippen LogP contribution is -2.30. The minimum atomic E-state index is -0.561. The van der Waals surface area contributed by atoms with Crippen molar-refractivity contribution in [1.29, 1.82) is 0 Å². The third kappa shape index (κ3) is 2.78. The van der Waals surface area contributed by atoms with E-state index in [1.165, 1.54) is 0 Å². The van der Waals surface area contributed by atoms with E-state index in [2.05, 4.69) is 6.58 Å². The standard InChI is InChI=1S/C10H18O2/c1-6(2)9(11)8(5)10(12)7(3)4/h7-8,10,12H,1H2,2-5H3/t8-,10-/m0/s1. The Kier molecular flexibility index (Phi) is 4.18. The zero-order valence-corrected chi connectivity index (χ0v) is 8.29. The molecule has 0 spiro atoms. The van der Waals surface area contributed by atoms with E-state index in [0.29, 0.717) is 5.57 Å². The lowest BCUT2D eigenvalue weighted by molar-refractivity contribution is -0.122. The van der Waals surface area contributed by atoms with Gasteiger partial charge in [-0.05, 0) is 18.4 Å². The molecular weight excluding hydrogens is 152 g/mol. The Hall–Kier alpha value is -0.630. The summed E-state index contributed by atoms with van der Waals surface area (Å²) in [5.41, 5.74) is 0.516. The predicted octanol–water partition coefficient (Wildman–Crippen LogP) is 1.78. The van der Waals surface area contributed by atoms with Gasteiger partial charge in [0.2, 0.25) is 0 Å². The molecule has 0 bridgehead atoms. The molecule has 0 radical (unpaired) electrons. The molecule has 2 heteroatoms. The van der Waals surface area contributed by atoms with E-state index in [1.807, 2.05) is 13.8 Å². The van der Waals surface area contributed by atoms with Crippen molar-refractivity contribution in [2.45, 2.75) is 33.8 Å². The molecule has 0 heterocycles. The van der Waals surface area contributed by atoms with Crippen LogP contribution in [0.5, 0.6) is 0 Å². The van der Waals surface area contributed by atoms with Crippen LogP contribution in [0.15, 0.2) is 12.2 Å². The fourth-order valence-electron chi connectivity index (χ4n) is 1.12. The Morgan fingerprint density at radius 2 is 1.75 bits per heavy atom. The summed E-state index contributed by atoms with van der Waals surface area (Å²) in [5.74, 6) is -0.262. The van der Waals surface area contributed by atoms with Crippen LogP contribution in [-0.4, -0.2) is 17.0 Å². The van der Waals surface area contributed by atoms with Crippen LogP contribution in [0.25, 0.3) is 0 Å². The molecule has 1 N–H and O–H groups in total. The molecule has 70 valence electrons. The number of hydrogen-bond donors (Lipinski definition) is 1. The summed E-state index contributed by atoms with van der Waals surface area (Å²) in [6, 6.07) is 0. The highest BCUT2D eigenvalue weighted by Crippen LogP contribution is 2.15. The molecular formula is C10H18O2. The fraction of sp³-hybridized carbons (Fsp3) is 0.700. The molecule has 0 aliphatic rings. The first kappa shape index (κ1) is 11.4. The first-order valence-electron chi connectivity index (χ1n) is 4.25. The summed E-state index contributed by atoms with van der Waals surface area (Å²) in [7, 11) is 0. The first-order chi connectivity index (χ1) is 5.37. The molecule has 0 aliphatic heterocycles. The Labute approximate surface area is 74.3 Å². The lowest BCUT2D eigenvalue weighted by atomic mass is 9.89. The zero-order valence-electron chi connectivity index (χ0n) is 8.29. The number of carbonyl (C=O) groups excluding carboxylic acids is 1. The van der Waals surface area contributed by atoms with E-state index in [9.17, 15) is 9.90 Å². The van der Waals surface area contributed by atoms with Crippen molar-refractivity contribution in [2.75, 3.05) is 0 Å². The normalized spacial score (nSPS) is 15.8. The summed E-state index contributed by atoms with van der Waals surface area (Å²) in [6.45, 7) is 10.8. The SMILES string of the molecule is C=C(C)C(=O)[C@H](C)[C@@H](O)C(C)C. The molecule has 12 heavy (non-hydrogen) atoms. The van der Waals surface area contributed by atoms with Crippen LogP contribution in [0, 0.1) is 11.8 Å². The van der Waals surface area contributed by atoms with Crippen LogP contribution in [0.4, 0.5) is 0 Å². The summed E-state index contributed by atoms with van der Waals surface area (Å²) >= 11 is 0. The van der Waals surface area contributed by atoms with E-state index >= 15 is 0 Å². The van der Waals surface area contributed by atoms with Crippen LogP contribution in [-0.2, 0) is 4.79 Å². The van der Waals surface area contributed by atoms with Gasteiger partial charge in [0.1, 0.15) is 0 Å². The van der Waals surface area contributed by atoms with Gasteiger partial charge in [-0.15, -0.1) is 0 Å². The van der Waals surface area contributed by atoms with E-state index in [4.69, 9.17) is 0 Å². The van der Waals surface area contributed by atoms with Crippen LogP contribution in [0.3, 0.4) is 0 Å². The van der Waals surface area contributed by atoms with Crippen molar-refractivity contribution in [1.82, 2.24) is 0 Å². The molecule has 0 amide bonds. The van der Waals surface area contributed by atoms with Crippen molar-refractivity contribution in [3.8, 4) is 0 Å². The number of Topliss-reactive ketones (excluding diaryl/α,β-unsaturated/α-hetero) is 1. The maximum absolute atomic E-state index is 11.3. The number of hydrogen-bond acceptors (Lipinski definition) is 2. The number of ketones is 1. The zero-order chi connectivity index (χ0) is 9.89. The van der Waals surface area contributed by atoms with Crippen molar-refractivity contribution in [3.63, 3.8) is 0 Å². The monoisotopic (exact) mass is 170 g/mol. The van der Waals surface area contributed by atoms with Crippen molar-refractivity contribution in [2.24, 2.45) is 11.8 Å². The first-order valence-corrected chi connectivity index (χ1v) is 4.25. The second-order valence-electron chi connectivity index (χ2n) is 3.67. The summed E-state index contributed by atoms with van der Waals surface area (Å²) in [5, 5.41) is 9.55. The minimum absolute atomic E-state index is 0.0452. The number of aliphatic hydroxyl groups is 1. The molecule has 0 aromatic rings. The van der Waals surface area contributed by atoms with Gasteiger partial charge in [-0.2, -0.15) is 0 Å². The van der Waals surface area contributed by atoms with Crippen LogP contribution in [0.1, 0.15) is 27.7 Å². The smallest absolute Gasteiger partial charge is 0.163 e. The highest BCUT2D eigenvalue weighted by molar-refractivity contribution is 5.96. The quantitative estimate of drug-likeness (QED) is 0.653. The highest BCUT2D eigenvalue weighted by Gasteiger charge is 2.24. The van der Waals surface area contributed by atoms with E-state index in [-0.39, 0.29) is 17.6 Å². The molecule has 0 saturated carbocycles. The molecule has 2 atom stereocenters. The van der Waals surface area contributed by atoms with Crippen LogP contribution in [0.2, 0.25) is 0 Å². The topological polar surface area (TPSA) is 37.3 Å². The van der Waals surface area contributed by atoms with Gasteiger partial charge < -0.3 is 5.11 Å². The molecule has 0 unspecified atom stereocenters. The largest absolute Gasteiger partial charge is 0.392 e. The van der Waals surface area contributed by atoms with Gasteiger partial charge in [-0.1, -0.05) is 27.4 Å². The maximum Gasteiger partial charge on any atom is 0.163 e. The van der Waals surface area contributed by atoms with Gasteiger partial charge in [-0.25, -0.2) is 0 Å². The number of carbonyl (C=O) groups is 1. The Balaban J connectivity index is 4.29. The van der Waals surface area contributed by atoms with Crippen molar-refractivity contribution < 1.29 is 9.90 Å². The van der Waals surface area contributed by atoms with Gasteiger partial charge in [0.05, 0.1) is 6.10 Å². The minimum Gasteiger partial charge on any atom is -0.392 e. The van der Waals surface area contributed by atoms with Crippen LogP contribution >= 0.6 is 0 Å². The maximum atomic E-state index is 11.3. The highest BCUT2D eigenvalue weighted by atomic mass is 16.3. The van der Waals surface area contributed by atoms with Crippen LogP contribution < -0.4 is 0 Å². The van der Waals surface area contributed by atoms with Gasteiger partial charge >= 0.3 is 0 Å². The van der Waals surface area contributed by atoms with E-state index < -0.39 is 6.10 Å². The molecule has 0 fully saturated rings. The Morgan fingerprint density at radius 1 is 1.33 bits per heavy atom. The predicted molar refractivity (Wildman–Crippen MR) is 49.8 cm³/mol. The Morgan fingerprint density at radius 3 is 2.00 bits per heavy atom. The third-order valence-electron chi connectivity index (χ3n) is 2.03. The van der Waals surface area contributed by atoms with Gasteiger partial charge in [0.25, 0.3) is 0 Å². The summed E-state index contributed by atoms with van der Waals surface area (Å²) in [4.78, 5) is 11.3. The average Bonchev–Trinajstić information content (AvgIpc) is 2.00.